The van der Waals surface area contributed by atoms with Crippen LogP contribution in [0.5, 0.6) is 5.75 Å². The molecule has 140 valence electrons. The van der Waals surface area contributed by atoms with Crippen molar-refractivity contribution in [3.63, 3.8) is 0 Å². The lowest BCUT2D eigenvalue weighted by Gasteiger charge is -2.06. The fourth-order valence-electron chi connectivity index (χ4n) is 2.41. The van der Waals surface area contributed by atoms with Crippen LogP contribution in [0.1, 0.15) is 11.1 Å². The van der Waals surface area contributed by atoms with E-state index in [0.717, 1.165) is 5.56 Å². The van der Waals surface area contributed by atoms with Crippen molar-refractivity contribution in [2.75, 3.05) is 19.3 Å². The van der Waals surface area contributed by atoms with E-state index in [2.05, 4.69) is 20.5 Å². The molecule has 8 heteroatoms. The maximum absolute atomic E-state index is 12.2. The van der Waals surface area contributed by atoms with Gasteiger partial charge in [-0.25, -0.2) is 10.4 Å². The highest BCUT2D eigenvalue weighted by atomic mass is 16.7. The molecular formula is C20H17N5O3. The number of methoxy groups -OCH3 is 1. The summed E-state index contributed by atoms with van der Waals surface area (Å²) in [4.78, 5) is 19.0. The molecule has 3 aromatic rings. The fourth-order valence-corrected chi connectivity index (χ4v) is 2.41. The third kappa shape index (κ3) is 4.60. The van der Waals surface area contributed by atoms with Crippen molar-refractivity contribution in [3.8, 4) is 23.1 Å². The van der Waals surface area contributed by atoms with Gasteiger partial charge in [-0.05, 0) is 17.7 Å². The number of H-pyrrole nitrogens is 1. The first-order valence-electron chi connectivity index (χ1n) is 8.32. The molecule has 0 unspecified atom stereocenters. The highest BCUT2D eigenvalue weighted by Crippen LogP contribution is 2.19. The first-order valence-corrected chi connectivity index (χ1v) is 8.32. The van der Waals surface area contributed by atoms with Crippen LogP contribution >= 0.6 is 0 Å². The van der Waals surface area contributed by atoms with Gasteiger partial charge in [0.1, 0.15) is 17.4 Å². The van der Waals surface area contributed by atoms with Crippen molar-refractivity contribution in [1.82, 2.24) is 9.97 Å². The van der Waals surface area contributed by atoms with Gasteiger partial charge >= 0.3 is 0 Å². The van der Waals surface area contributed by atoms with E-state index in [0.29, 0.717) is 17.0 Å². The SMILES string of the molecule is COCOc1cccc(C=NNc2nc(-c3ccccc3)c(C#N)c(=O)[nH]2)c1. The summed E-state index contributed by atoms with van der Waals surface area (Å²) < 4.78 is 10.2. The molecule has 1 heterocycles. The van der Waals surface area contributed by atoms with Crippen molar-refractivity contribution in [2.24, 2.45) is 5.10 Å². The van der Waals surface area contributed by atoms with Crippen LogP contribution in [0.2, 0.25) is 0 Å². The van der Waals surface area contributed by atoms with Crippen molar-refractivity contribution in [1.29, 1.82) is 5.26 Å². The topological polar surface area (TPSA) is 112 Å². The van der Waals surface area contributed by atoms with Crippen LogP contribution in [0.4, 0.5) is 5.95 Å². The number of aromatic amines is 1. The van der Waals surface area contributed by atoms with Crippen LogP contribution in [0.15, 0.2) is 64.5 Å². The molecule has 1 aromatic heterocycles. The summed E-state index contributed by atoms with van der Waals surface area (Å²) in [6.07, 6.45) is 1.56. The van der Waals surface area contributed by atoms with Crippen LogP contribution in [0, 0.1) is 11.3 Å². The molecule has 28 heavy (non-hydrogen) atoms. The molecule has 0 bridgehead atoms. The van der Waals surface area contributed by atoms with Gasteiger partial charge in [0.2, 0.25) is 5.95 Å². The molecule has 0 spiro atoms. The molecule has 0 atom stereocenters. The lowest BCUT2D eigenvalue weighted by atomic mass is 10.1. The van der Waals surface area contributed by atoms with Gasteiger partial charge < -0.3 is 9.47 Å². The van der Waals surface area contributed by atoms with Crippen LogP contribution in [-0.2, 0) is 4.74 Å². The third-order valence-electron chi connectivity index (χ3n) is 3.66. The molecule has 0 aliphatic carbocycles. The van der Waals surface area contributed by atoms with Gasteiger partial charge in [0, 0.05) is 12.7 Å². The number of nitrogens with zero attached hydrogens (tertiary/aromatic N) is 3. The molecule has 0 saturated heterocycles. The Morgan fingerprint density at radius 1 is 1.25 bits per heavy atom. The third-order valence-corrected chi connectivity index (χ3v) is 3.66. The normalized spacial score (nSPS) is 10.6. The lowest BCUT2D eigenvalue weighted by Crippen LogP contribution is -2.16. The molecule has 8 nitrogen and oxygen atoms in total. The second-order valence-corrected chi connectivity index (χ2v) is 5.61. The Morgan fingerprint density at radius 2 is 2.07 bits per heavy atom. The quantitative estimate of drug-likeness (QED) is 0.373. The zero-order valence-electron chi connectivity index (χ0n) is 15.0. The van der Waals surface area contributed by atoms with Gasteiger partial charge in [0.05, 0.1) is 11.9 Å². The van der Waals surface area contributed by atoms with Gasteiger partial charge in [-0.1, -0.05) is 42.5 Å². The molecule has 2 N–H and O–H groups in total. The van der Waals surface area contributed by atoms with Crippen molar-refractivity contribution in [3.05, 3.63) is 76.1 Å². The van der Waals surface area contributed by atoms with Crippen molar-refractivity contribution < 1.29 is 9.47 Å². The molecule has 0 radical (unpaired) electrons. The number of ether oxygens (including phenoxy) is 2. The summed E-state index contributed by atoms with van der Waals surface area (Å²) in [5, 5.41) is 13.4. The van der Waals surface area contributed by atoms with Crippen LogP contribution in [0.3, 0.4) is 0 Å². The summed E-state index contributed by atoms with van der Waals surface area (Å²) in [5.74, 6) is 0.771. The number of aromatic nitrogens is 2. The van der Waals surface area contributed by atoms with Gasteiger partial charge in [-0.15, -0.1) is 0 Å². The number of hydrazone groups is 1. The summed E-state index contributed by atoms with van der Waals surface area (Å²) >= 11 is 0. The van der Waals surface area contributed by atoms with Gasteiger partial charge in [0.15, 0.2) is 6.79 Å². The number of benzene rings is 2. The van der Waals surface area contributed by atoms with E-state index in [1.54, 1.807) is 37.6 Å². The van der Waals surface area contributed by atoms with E-state index in [-0.39, 0.29) is 18.3 Å². The van der Waals surface area contributed by atoms with E-state index in [1.807, 2.05) is 36.4 Å². The monoisotopic (exact) mass is 375 g/mol. The minimum atomic E-state index is -0.538. The van der Waals surface area contributed by atoms with Crippen LogP contribution in [0.25, 0.3) is 11.3 Å². The Labute approximate surface area is 161 Å². The Kier molecular flexibility index (Phi) is 6.13. The molecule has 0 fully saturated rings. The smallest absolute Gasteiger partial charge is 0.270 e. The number of nitriles is 1. The minimum Gasteiger partial charge on any atom is -0.468 e. The Balaban J connectivity index is 1.82. The van der Waals surface area contributed by atoms with E-state index >= 15 is 0 Å². The summed E-state index contributed by atoms with van der Waals surface area (Å²) in [5.41, 5.74) is 3.83. The average molecular weight is 375 g/mol. The maximum atomic E-state index is 12.2. The van der Waals surface area contributed by atoms with Crippen LogP contribution in [-0.4, -0.2) is 30.1 Å². The Morgan fingerprint density at radius 3 is 2.82 bits per heavy atom. The summed E-state index contributed by atoms with van der Waals surface area (Å²) in [6, 6.07) is 18.2. The van der Waals surface area contributed by atoms with Crippen LogP contribution < -0.4 is 15.7 Å². The maximum Gasteiger partial charge on any atom is 0.270 e. The molecule has 3 rings (SSSR count). The van der Waals surface area contributed by atoms with Crippen molar-refractivity contribution in [2.45, 2.75) is 0 Å². The number of hydrogen-bond donors (Lipinski definition) is 2. The van der Waals surface area contributed by atoms with Gasteiger partial charge in [-0.2, -0.15) is 10.4 Å². The predicted molar refractivity (Wildman–Crippen MR) is 105 cm³/mol. The van der Waals surface area contributed by atoms with E-state index in [9.17, 15) is 10.1 Å². The standard InChI is InChI=1S/C20H17N5O3/c1-27-13-28-16-9-5-6-14(10-16)12-22-25-20-23-18(15-7-3-2-4-8-15)17(11-21)19(26)24-20/h2-10,12H,13H2,1H3,(H2,23,24,25,26). The molecule has 0 amide bonds. The van der Waals surface area contributed by atoms with E-state index in [1.165, 1.54) is 0 Å². The fraction of sp³-hybridized carbons (Fsp3) is 0.100. The summed E-state index contributed by atoms with van der Waals surface area (Å²) in [7, 11) is 1.55. The second kappa shape index (κ2) is 9.12. The molecule has 0 aliphatic heterocycles. The zero-order valence-corrected chi connectivity index (χ0v) is 15.0. The molecule has 2 aromatic carbocycles. The van der Waals surface area contributed by atoms with Gasteiger partial charge in [0.25, 0.3) is 5.56 Å². The lowest BCUT2D eigenvalue weighted by molar-refractivity contribution is 0.0511. The molecule has 0 aliphatic rings. The second-order valence-electron chi connectivity index (χ2n) is 5.61. The Bertz CT molecular complexity index is 1070. The highest BCUT2D eigenvalue weighted by Gasteiger charge is 2.12. The predicted octanol–water partition coefficient (Wildman–Crippen LogP) is 2.74. The number of nitrogens with one attached hydrogen (secondary N) is 2. The largest absolute Gasteiger partial charge is 0.468 e. The average Bonchev–Trinajstić information content (AvgIpc) is 2.73. The van der Waals surface area contributed by atoms with E-state index in [4.69, 9.17) is 9.47 Å². The van der Waals surface area contributed by atoms with E-state index < -0.39 is 5.56 Å². The first kappa shape index (κ1) is 18.8. The van der Waals surface area contributed by atoms with Gasteiger partial charge in [-0.3, -0.25) is 9.78 Å². The Hall–Kier alpha value is -3.96. The zero-order chi connectivity index (χ0) is 19.8. The molecule has 0 saturated carbocycles. The van der Waals surface area contributed by atoms with Crippen molar-refractivity contribution >= 4 is 12.2 Å². The number of hydrogen-bond acceptors (Lipinski definition) is 7. The number of rotatable bonds is 7. The minimum absolute atomic E-state index is 0.0521. The number of anilines is 1. The molecular weight excluding hydrogens is 358 g/mol. The summed E-state index contributed by atoms with van der Waals surface area (Å²) in [6.45, 7) is 0.150. The first-order chi connectivity index (χ1) is 13.7. The highest BCUT2D eigenvalue weighted by molar-refractivity contribution is 5.80.